The van der Waals surface area contributed by atoms with Crippen LogP contribution in [-0.2, 0) is 16.6 Å². The van der Waals surface area contributed by atoms with Crippen LogP contribution in [0.15, 0.2) is 42.5 Å². The molecule has 1 aliphatic rings. The van der Waals surface area contributed by atoms with Gasteiger partial charge in [0.05, 0.1) is 0 Å². The summed E-state index contributed by atoms with van der Waals surface area (Å²) in [6.07, 6.45) is 7.88. The molecule has 3 rings (SSSR count). The van der Waals surface area contributed by atoms with Crippen LogP contribution in [0.5, 0.6) is 0 Å². The number of aliphatic hydroxyl groups excluding tert-OH is 1. The van der Waals surface area contributed by atoms with Crippen molar-refractivity contribution in [1.82, 2.24) is 0 Å². The zero-order valence-corrected chi connectivity index (χ0v) is 18.1. The van der Waals surface area contributed by atoms with Crippen molar-refractivity contribution in [3.8, 4) is 11.1 Å². The van der Waals surface area contributed by atoms with E-state index in [-0.39, 0.29) is 17.8 Å². The molecule has 28 heavy (non-hydrogen) atoms. The molecule has 0 aliphatic heterocycles. The van der Waals surface area contributed by atoms with E-state index in [2.05, 4.69) is 56.3 Å². The van der Waals surface area contributed by atoms with Gasteiger partial charge >= 0.3 is 0 Å². The third kappa shape index (κ3) is 4.72. The molecule has 0 radical (unpaired) electrons. The average Bonchev–Trinajstić information content (AvgIpc) is 2.95. The van der Waals surface area contributed by atoms with E-state index in [1.165, 1.54) is 60.8 Å². The summed E-state index contributed by atoms with van der Waals surface area (Å²) < 4.78 is 0. The normalized spacial score (nSPS) is 13.3. The van der Waals surface area contributed by atoms with Crippen LogP contribution in [0, 0.1) is 0 Å². The fourth-order valence-electron chi connectivity index (χ4n) is 4.52. The van der Waals surface area contributed by atoms with E-state index in [9.17, 15) is 4.79 Å². The molecular weight excluding hydrogens is 344 g/mol. The van der Waals surface area contributed by atoms with Crippen molar-refractivity contribution >= 4 is 5.78 Å². The Balaban J connectivity index is 0.000000878. The predicted octanol–water partition coefficient (Wildman–Crippen LogP) is 6.46. The van der Waals surface area contributed by atoms with Gasteiger partial charge in [-0.2, -0.15) is 0 Å². The van der Waals surface area contributed by atoms with E-state index in [4.69, 9.17) is 5.11 Å². The summed E-state index contributed by atoms with van der Waals surface area (Å²) in [7, 11) is 0. The summed E-state index contributed by atoms with van der Waals surface area (Å²) in [5, 5.41) is 7.57. The molecule has 0 saturated heterocycles. The van der Waals surface area contributed by atoms with Gasteiger partial charge in [-0.05, 0) is 54.5 Å². The van der Waals surface area contributed by atoms with Gasteiger partial charge < -0.3 is 5.11 Å². The summed E-state index contributed by atoms with van der Waals surface area (Å²) in [5.74, 6) is 0.239. The second-order valence-electron chi connectivity index (χ2n) is 7.91. The number of Topliss-reactive ketones (excluding diaryl/α,β-unsaturated/α-hetero) is 1. The van der Waals surface area contributed by atoms with Crippen molar-refractivity contribution in [3.63, 3.8) is 0 Å². The van der Waals surface area contributed by atoms with Gasteiger partial charge in [0.25, 0.3) is 0 Å². The van der Waals surface area contributed by atoms with Gasteiger partial charge in [0.15, 0.2) is 0 Å². The molecule has 0 unspecified atom stereocenters. The Morgan fingerprint density at radius 2 is 1.46 bits per heavy atom. The van der Waals surface area contributed by atoms with E-state index in [1.54, 1.807) is 13.8 Å². The van der Waals surface area contributed by atoms with Crippen molar-refractivity contribution < 1.29 is 9.90 Å². The molecule has 1 N–H and O–H groups in total. The summed E-state index contributed by atoms with van der Waals surface area (Å²) in [6, 6.07) is 15.7. The summed E-state index contributed by atoms with van der Waals surface area (Å²) >= 11 is 0. The number of rotatable bonds is 8. The largest absolute Gasteiger partial charge is 0.397 e. The second-order valence-corrected chi connectivity index (χ2v) is 7.91. The molecule has 2 nitrogen and oxygen atoms in total. The molecule has 0 saturated carbocycles. The fourth-order valence-corrected chi connectivity index (χ4v) is 4.52. The Hall–Kier alpha value is -1.93. The smallest absolute Gasteiger partial charge is 0.134 e. The van der Waals surface area contributed by atoms with E-state index in [0.717, 1.165) is 5.56 Å². The number of ketones is 1. The van der Waals surface area contributed by atoms with Gasteiger partial charge in [0, 0.05) is 18.4 Å². The Bertz CT molecular complexity index is 768. The minimum absolute atomic E-state index is 0.130. The van der Waals surface area contributed by atoms with Crippen LogP contribution in [0.2, 0.25) is 0 Å². The number of unbranched alkanes of at least 4 members (excludes halogenated alkanes) is 2. The first-order valence-corrected chi connectivity index (χ1v) is 10.9. The van der Waals surface area contributed by atoms with Gasteiger partial charge in [0.1, 0.15) is 5.78 Å². The summed E-state index contributed by atoms with van der Waals surface area (Å²) in [6.45, 7) is 8.17. The molecule has 0 spiro atoms. The molecule has 2 heteroatoms. The standard InChI is InChI=1S/C24H30O.C2H6O/c1-4-6-14-24(15-7-5-2)22-11-9-8-10-20(22)21-13-12-19(16-18(3)25)17-23(21)24;1-2-3/h8-13,17H,4-7,14-16H2,1-3H3;3H,2H2,1H3. The third-order valence-electron chi connectivity index (χ3n) is 5.70. The zero-order chi connectivity index (χ0) is 20.6. The van der Waals surface area contributed by atoms with Crippen LogP contribution in [-0.4, -0.2) is 17.5 Å². The minimum Gasteiger partial charge on any atom is -0.397 e. The minimum atomic E-state index is 0.130. The molecule has 0 fully saturated rings. The Morgan fingerprint density at radius 3 is 2.04 bits per heavy atom. The van der Waals surface area contributed by atoms with Crippen LogP contribution in [0.1, 0.15) is 82.9 Å². The highest BCUT2D eigenvalue weighted by molar-refractivity contribution is 5.83. The number of benzene rings is 2. The van der Waals surface area contributed by atoms with Crippen molar-refractivity contribution in [2.45, 2.75) is 78.1 Å². The highest BCUT2D eigenvalue weighted by Gasteiger charge is 2.41. The molecule has 0 aromatic heterocycles. The maximum absolute atomic E-state index is 11.6. The lowest BCUT2D eigenvalue weighted by Crippen LogP contribution is -2.25. The number of carbonyl (C=O) groups is 1. The number of carbonyl (C=O) groups excluding carboxylic acids is 1. The molecule has 0 heterocycles. The Kier molecular flexibility index (Phi) is 8.44. The van der Waals surface area contributed by atoms with Gasteiger partial charge in [-0.25, -0.2) is 0 Å². The van der Waals surface area contributed by atoms with Crippen molar-refractivity contribution in [3.05, 3.63) is 59.2 Å². The molecule has 0 atom stereocenters. The van der Waals surface area contributed by atoms with Crippen LogP contribution >= 0.6 is 0 Å². The SMILES string of the molecule is CCCCC1(CCCC)c2ccccc2-c2ccc(CC(C)=O)cc21.CCO. The number of hydrogen-bond acceptors (Lipinski definition) is 2. The van der Waals surface area contributed by atoms with Crippen LogP contribution in [0.3, 0.4) is 0 Å². The maximum Gasteiger partial charge on any atom is 0.134 e. The van der Waals surface area contributed by atoms with E-state index in [0.29, 0.717) is 6.42 Å². The molecule has 152 valence electrons. The maximum atomic E-state index is 11.6. The first kappa shape index (κ1) is 22.4. The number of hydrogen-bond donors (Lipinski definition) is 1. The predicted molar refractivity (Wildman–Crippen MR) is 119 cm³/mol. The summed E-state index contributed by atoms with van der Waals surface area (Å²) in [4.78, 5) is 11.6. The van der Waals surface area contributed by atoms with Crippen molar-refractivity contribution in [2.75, 3.05) is 6.61 Å². The van der Waals surface area contributed by atoms with Gasteiger partial charge in [-0.15, -0.1) is 0 Å². The van der Waals surface area contributed by atoms with Crippen molar-refractivity contribution in [2.24, 2.45) is 0 Å². The average molecular weight is 381 g/mol. The first-order valence-electron chi connectivity index (χ1n) is 10.9. The molecule has 1 aliphatic carbocycles. The van der Waals surface area contributed by atoms with E-state index >= 15 is 0 Å². The molecule has 2 aromatic carbocycles. The van der Waals surface area contributed by atoms with E-state index in [1.807, 2.05) is 0 Å². The quantitative estimate of drug-likeness (QED) is 0.570. The Morgan fingerprint density at radius 1 is 0.893 bits per heavy atom. The van der Waals surface area contributed by atoms with Crippen LogP contribution in [0.4, 0.5) is 0 Å². The number of fused-ring (bicyclic) bond motifs is 3. The lowest BCUT2D eigenvalue weighted by atomic mass is 9.70. The van der Waals surface area contributed by atoms with Gasteiger partial charge in [-0.1, -0.05) is 82.0 Å². The summed E-state index contributed by atoms with van der Waals surface area (Å²) in [5.41, 5.74) is 7.05. The number of aliphatic hydroxyl groups is 1. The first-order chi connectivity index (χ1) is 13.5. The zero-order valence-electron chi connectivity index (χ0n) is 18.1. The lowest BCUT2D eigenvalue weighted by molar-refractivity contribution is -0.116. The second kappa shape index (κ2) is 10.6. The molecule has 0 amide bonds. The fraction of sp³-hybridized carbons (Fsp3) is 0.500. The topological polar surface area (TPSA) is 37.3 Å². The van der Waals surface area contributed by atoms with Crippen LogP contribution in [0.25, 0.3) is 11.1 Å². The van der Waals surface area contributed by atoms with Gasteiger partial charge in [-0.3, -0.25) is 4.79 Å². The molecule has 2 aromatic rings. The molecular formula is C26H36O2. The van der Waals surface area contributed by atoms with Crippen LogP contribution < -0.4 is 0 Å². The monoisotopic (exact) mass is 380 g/mol. The lowest BCUT2D eigenvalue weighted by Gasteiger charge is -2.33. The highest BCUT2D eigenvalue weighted by atomic mass is 16.2. The van der Waals surface area contributed by atoms with Gasteiger partial charge in [0.2, 0.25) is 0 Å². The third-order valence-corrected chi connectivity index (χ3v) is 5.70. The molecule has 0 bridgehead atoms. The Labute approximate surface area is 171 Å². The van der Waals surface area contributed by atoms with Crippen molar-refractivity contribution in [1.29, 1.82) is 0 Å². The van der Waals surface area contributed by atoms with E-state index < -0.39 is 0 Å². The highest BCUT2D eigenvalue weighted by Crippen LogP contribution is 2.54.